The first-order chi connectivity index (χ1) is 9.66. The summed E-state index contributed by atoms with van der Waals surface area (Å²) in [5, 5.41) is 0. The molecule has 3 nitrogen and oxygen atoms in total. The number of anilines is 1. The molecule has 0 aliphatic heterocycles. The number of aromatic nitrogens is 2. The van der Waals surface area contributed by atoms with Crippen molar-refractivity contribution in [1.29, 1.82) is 0 Å². The Morgan fingerprint density at radius 1 is 1.15 bits per heavy atom. The van der Waals surface area contributed by atoms with E-state index < -0.39 is 0 Å². The van der Waals surface area contributed by atoms with Crippen LogP contribution in [0.1, 0.15) is 43.8 Å². The second-order valence-electron chi connectivity index (χ2n) is 5.60. The van der Waals surface area contributed by atoms with E-state index in [1.807, 2.05) is 11.6 Å². The van der Waals surface area contributed by atoms with Crippen molar-refractivity contribution in [2.75, 3.05) is 5.73 Å². The molecule has 2 aromatic rings. The van der Waals surface area contributed by atoms with Crippen molar-refractivity contribution < 1.29 is 4.39 Å². The maximum atomic E-state index is 13.0. The second kappa shape index (κ2) is 5.27. The van der Waals surface area contributed by atoms with E-state index in [4.69, 9.17) is 10.7 Å². The lowest BCUT2D eigenvalue weighted by molar-refractivity contribution is 0.422. The van der Waals surface area contributed by atoms with E-state index in [1.165, 1.54) is 44.2 Å². The predicted molar refractivity (Wildman–Crippen MR) is 78.8 cm³/mol. The lowest BCUT2D eigenvalue weighted by atomic mass is 9.89. The van der Waals surface area contributed by atoms with Crippen LogP contribution in [0.3, 0.4) is 0 Å². The largest absolute Gasteiger partial charge is 0.383 e. The molecular formula is C16H20FN3. The molecule has 0 bridgehead atoms. The molecule has 106 valence electrons. The summed E-state index contributed by atoms with van der Waals surface area (Å²) in [5.74, 6) is 2.00. The van der Waals surface area contributed by atoms with Crippen LogP contribution >= 0.6 is 0 Å². The Morgan fingerprint density at radius 2 is 1.80 bits per heavy atom. The van der Waals surface area contributed by atoms with Gasteiger partial charge in [0.05, 0.1) is 0 Å². The van der Waals surface area contributed by atoms with Crippen LogP contribution in [0.25, 0.3) is 11.3 Å². The molecule has 1 heterocycles. The minimum Gasteiger partial charge on any atom is -0.383 e. The van der Waals surface area contributed by atoms with E-state index in [2.05, 4.69) is 0 Å². The van der Waals surface area contributed by atoms with Crippen molar-refractivity contribution in [2.45, 2.75) is 38.0 Å². The van der Waals surface area contributed by atoms with Crippen LogP contribution in [0.4, 0.5) is 10.2 Å². The van der Waals surface area contributed by atoms with Gasteiger partial charge in [-0.05, 0) is 37.1 Å². The number of imidazole rings is 1. The summed E-state index contributed by atoms with van der Waals surface area (Å²) in [7, 11) is 1.97. The summed E-state index contributed by atoms with van der Waals surface area (Å²) < 4.78 is 15.0. The predicted octanol–water partition coefficient (Wildman–Crippen LogP) is 3.86. The van der Waals surface area contributed by atoms with Gasteiger partial charge in [-0.1, -0.05) is 19.3 Å². The van der Waals surface area contributed by atoms with Crippen molar-refractivity contribution in [3.63, 3.8) is 0 Å². The third kappa shape index (κ3) is 2.30. The minimum absolute atomic E-state index is 0.240. The molecule has 1 aromatic carbocycles. The lowest BCUT2D eigenvalue weighted by Gasteiger charge is -2.21. The third-order valence-electron chi connectivity index (χ3n) is 4.26. The number of halogens is 1. The van der Waals surface area contributed by atoms with Crippen LogP contribution in [0.2, 0.25) is 0 Å². The van der Waals surface area contributed by atoms with Crippen molar-refractivity contribution in [3.8, 4) is 11.3 Å². The number of hydrogen-bond acceptors (Lipinski definition) is 2. The zero-order valence-corrected chi connectivity index (χ0v) is 11.8. The molecule has 0 saturated heterocycles. The first-order valence-corrected chi connectivity index (χ1v) is 7.25. The van der Waals surface area contributed by atoms with Gasteiger partial charge in [0.25, 0.3) is 0 Å². The molecule has 0 unspecified atom stereocenters. The van der Waals surface area contributed by atoms with Gasteiger partial charge in [-0.25, -0.2) is 9.37 Å². The first-order valence-electron chi connectivity index (χ1n) is 7.25. The topological polar surface area (TPSA) is 43.8 Å². The molecule has 20 heavy (non-hydrogen) atoms. The van der Waals surface area contributed by atoms with Gasteiger partial charge in [-0.3, -0.25) is 0 Å². The quantitative estimate of drug-likeness (QED) is 0.903. The van der Waals surface area contributed by atoms with Crippen LogP contribution in [0.5, 0.6) is 0 Å². The Bertz CT molecular complexity index is 595. The van der Waals surface area contributed by atoms with E-state index in [1.54, 1.807) is 12.1 Å². The summed E-state index contributed by atoms with van der Waals surface area (Å²) in [5.41, 5.74) is 7.83. The number of rotatable bonds is 2. The normalized spacial score (nSPS) is 16.5. The highest BCUT2D eigenvalue weighted by molar-refractivity contribution is 5.71. The molecule has 0 amide bonds. The van der Waals surface area contributed by atoms with Gasteiger partial charge in [-0.15, -0.1) is 0 Å². The Balaban J connectivity index is 1.98. The average molecular weight is 273 g/mol. The zero-order valence-electron chi connectivity index (χ0n) is 11.8. The Kier molecular flexibility index (Phi) is 3.47. The van der Waals surface area contributed by atoms with Gasteiger partial charge in [-0.2, -0.15) is 0 Å². The van der Waals surface area contributed by atoms with E-state index >= 15 is 0 Å². The van der Waals surface area contributed by atoms with Crippen LogP contribution < -0.4 is 5.73 Å². The standard InChI is InChI=1S/C16H20FN3/c1-20-15(18)14(11-7-9-13(17)10-8-11)19-16(20)12-5-3-2-4-6-12/h7-10,12H,2-6,18H2,1H3. The van der Waals surface area contributed by atoms with Crippen molar-refractivity contribution >= 4 is 5.82 Å². The number of benzene rings is 1. The highest BCUT2D eigenvalue weighted by Gasteiger charge is 2.23. The zero-order chi connectivity index (χ0) is 14.1. The summed E-state index contributed by atoms with van der Waals surface area (Å²) in [4.78, 5) is 4.75. The van der Waals surface area contributed by atoms with Gasteiger partial charge in [0.15, 0.2) is 0 Å². The smallest absolute Gasteiger partial charge is 0.131 e. The molecule has 4 heteroatoms. The highest BCUT2D eigenvalue weighted by atomic mass is 19.1. The number of nitrogens with zero attached hydrogens (tertiary/aromatic N) is 2. The first kappa shape index (κ1) is 13.2. The minimum atomic E-state index is -0.240. The fourth-order valence-electron chi connectivity index (χ4n) is 3.08. The van der Waals surface area contributed by atoms with Gasteiger partial charge in [0, 0.05) is 18.5 Å². The molecule has 0 atom stereocenters. The molecule has 1 saturated carbocycles. The Hall–Kier alpha value is -1.84. The molecule has 1 aliphatic carbocycles. The SMILES string of the molecule is Cn1c(C2CCCCC2)nc(-c2ccc(F)cc2)c1N. The van der Waals surface area contributed by atoms with Crippen LogP contribution in [-0.2, 0) is 7.05 Å². The number of nitrogens with two attached hydrogens (primary N) is 1. The van der Waals surface area contributed by atoms with Crippen LogP contribution in [0.15, 0.2) is 24.3 Å². The maximum absolute atomic E-state index is 13.0. The average Bonchev–Trinajstić information content (AvgIpc) is 2.77. The summed E-state index contributed by atoms with van der Waals surface area (Å²) in [6.45, 7) is 0. The third-order valence-corrected chi connectivity index (χ3v) is 4.26. The monoisotopic (exact) mass is 273 g/mol. The highest BCUT2D eigenvalue weighted by Crippen LogP contribution is 2.35. The molecule has 1 fully saturated rings. The molecule has 0 spiro atoms. The molecule has 2 N–H and O–H groups in total. The Morgan fingerprint density at radius 3 is 2.45 bits per heavy atom. The molecule has 3 rings (SSSR count). The van der Waals surface area contributed by atoms with E-state index in [0.29, 0.717) is 11.7 Å². The summed E-state index contributed by atoms with van der Waals surface area (Å²) in [6.07, 6.45) is 6.23. The lowest BCUT2D eigenvalue weighted by Crippen LogP contribution is -2.11. The molecule has 0 radical (unpaired) electrons. The maximum Gasteiger partial charge on any atom is 0.131 e. The van der Waals surface area contributed by atoms with Crippen LogP contribution in [0, 0.1) is 5.82 Å². The summed E-state index contributed by atoms with van der Waals surface area (Å²) >= 11 is 0. The van der Waals surface area contributed by atoms with E-state index in [9.17, 15) is 4.39 Å². The van der Waals surface area contributed by atoms with Gasteiger partial charge in [0.2, 0.25) is 0 Å². The number of nitrogen functional groups attached to an aromatic ring is 1. The Labute approximate surface area is 118 Å². The second-order valence-corrected chi connectivity index (χ2v) is 5.60. The van der Waals surface area contributed by atoms with Gasteiger partial charge >= 0.3 is 0 Å². The molecule has 1 aromatic heterocycles. The fourth-order valence-corrected chi connectivity index (χ4v) is 3.08. The summed E-state index contributed by atoms with van der Waals surface area (Å²) in [6, 6.07) is 6.37. The van der Waals surface area contributed by atoms with E-state index in [-0.39, 0.29) is 5.82 Å². The van der Waals surface area contributed by atoms with Gasteiger partial charge < -0.3 is 10.3 Å². The van der Waals surface area contributed by atoms with Crippen molar-refractivity contribution in [3.05, 3.63) is 35.9 Å². The fraction of sp³-hybridized carbons (Fsp3) is 0.438. The van der Waals surface area contributed by atoms with Gasteiger partial charge in [0.1, 0.15) is 23.2 Å². The number of hydrogen-bond donors (Lipinski definition) is 1. The van der Waals surface area contributed by atoms with Crippen molar-refractivity contribution in [2.24, 2.45) is 7.05 Å². The molecular weight excluding hydrogens is 253 g/mol. The molecule has 1 aliphatic rings. The van der Waals surface area contributed by atoms with Crippen LogP contribution in [-0.4, -0.2) is 9.55 Å². The van der Waals surface area contributed by atoms with E-state index in [0.717, 1.165) is 17.1 Å². The van der Waals surface area contributed by atoms with Crippen molar-refractivity contribution in [1.82, 2.24) is 9.55 Å².